The lowest BCUT2D eigenvalue weighted by molar-refractivity contribution is -0.384. The Labute approximate surface area is 112 Å². The van der Waals surface area contributed by atoms with Crippen LogP contribution in [0.25, 0.3) is 0 Å². The van der Waals surface area contributed by atoms with Crippen LogP contribution in [0.5, 0.6) is 0 Å². The highest BCUT2D eigenvalue weighted by atomic mass is 16.6. The van der Waals surface area contributed by atoms with Gasteiger partial charge in [0.25, 0.3) is 0 Å². The third-order valence-corrected chi connectivity index (χ3v) is 3.58. The van der Waals surface area contributed by atoms with E-state index < -0.39 is 0 Å². The van der Waals surface area contributed by atoms with Gasteiger partial charge in [-0.25, -0.2) is 4.68 Å². The van der Waals surface area contributed by atoms with Crippen LogP contribution in [0.1, 0.15) is 25.5 Å². The molecule has 106 valence electrons. The molecule has 2 heterocycles. The predicted molar refractivity (Wildman–Crippen MR) is 71.3 cm³/mol. The molecule has 0 amide bonds. The quantitative estimate of drug-likeness (QED) is 0.638. The first-order valence-corrected chi connectivity index (χ1v) is 6.64. The van der Waals surface area contributed by atoms with Crippen molar-refractivity contribution in [3.05, 3.63) is 15.8 Å². The number of nitrogens with zero attached hydrogens (tertiary/aromatic N) is 4. The molecule has 0 spiro atoms. The van der Waals surface area contributed by atoms with Crippen molar-refractivity contribution in [3.63, 3.8) is 0 Å². The second-order valence-corrected chi connectivity index (χ2v) is 5.03. The number of aromatic nitrogens is 2. The Kier molecular flexibility index (Phi) is 4.04. The maximum absolute atomic E-state index is 11.3. The summed E-state index contributed by atoms with van der Waals surface area (Å²) in [7, 11) is 1.74. The Morgan fingerprint density at radius 3 is 2.84 bits per heavy atom. The Morgan fingerprint density at radius 1 is 1.58 bits per heavy atom. The summed E-state index contributed by atoms with van der Waals surface area (Å²) in [5, 5.41) is 24.8. The molecule has 1 saturated heterocycles. The standard InChI is InChI=1S/C12H20N4O3/c1-3-4-10-11(16(18)19)12(14(2)13-10)15-6-5-9(7-15)8-17/h9,17H,3-8H2,1-2H3. The molecule has 1 atom stereocenters. The Bertz CT molecular complexity index is 472. The minimum Gasteiger partial charge on any atom is -0.396 e. The van der Waals surface area contributed by atoms with Gasteiger partial charge in [-0.15, -0.1) is 0 Å². The molecule has 1 N–H and O–H groups in total. The fourth-order valence-corrected chi connectivity index (χ4v) is 2.68. The number of anilines is 1. The van der Waals surface area contributed by atoms with Crippen molar-refractivity contribution < 1.29 is 10.0 Å². The number of hydrogen-bond acceptors (Lipinski definition) is 5. The van der Waals surface area contributed by atoms with Gasteiger partial charge in [0.05, 0.1) is 4.92 Å². The topological polar surface area (TPSA) is 84.4 Å². The van der Waals surface area contributed by atoms with Crippen LogP contribution < -0.4 is 4.90 Å². The van der Waals surface area contributed by atoms with Crippen molar-refractivity contribution in [2.75, 3.05) is 24.6 Å². The van der Waals surface area contributed by atoms with E-state index in [1.165, 1.54) is 0 Å². The molecule has 1 aliphatic rings. The summed E-state index contributed by atoms with van der Waals surface area (Å²) in [5.41, 5.74) is 0.681. The zero-order valence-electron chi connectivity index (χ0n) is 11.4. The summed E-state index contributed by atoms with van der Waals surface area (Å²) in [6.07, 6.45) is 2.31. The number of aliphatic hydroxyl groups excluding tert-OH is 1. The van der Waals surface area contributed by atoms with E-state index in [9.17, 15) is 15.2 Å². The van der Waals surface area contributed by atoms with E-state index in [1.807, 2.05) is 11.8 Å². The van der Waals surface area contributed by atoms with Crippen molar-refractivity contribution in [1.82, 2.24) is 9.78 Å². The van der Waals surface area contributed by atoms with Crippen LogP contribution in [0, 0.1) is 16.0 Å². The molecule has 7 nitrogen and oxygen atoms in total. The summed E-state index contributed by atoms with van der Waals surface area (Å²) < 4.78 is 1.60. The molecule has 0 aliphatic carbocycles. The lowest BCUT2D eigenvalue weighted by Crippen LogP contribution is -2.23. The van der Waals surface area contributed by atoms with Crippen LogP contribution in [0.15, 0.2) is 0 Å². The molecule has 0 aromatic carbocycles. The number of rotatable bonds is 5. The Balaban J connectivity index is 2.36. The number of aliphatic hydroxyl groups is 1. The van der Waals surface area contributed by atoms with Gasteiger partial charge in [-0.2, -0.15) is 5.10 Å². The molecule has 1 fully saturated rings. The molecular weight excluding hydrogens is 248 g/mol. The van der Waals surface area contributed by atoms with E-state index in [4.69, 9.17) is 0 Å². The van der Waals surface area contributed by atoms with Gasteiger partial charge in [-0.05, 0) is 12.8 Å². The van der Waals surface area contributed by atoms with Crippen LogP contribution in [-0.2, 0) is 13.5 Å². The molecule has 0 radical (unpaired) electrons. The average molecular weight is 268 g/mol. The van der Waals surface area contributed by atoms with Gasteiger partial charge >= 0.3 is 5.69 Å². The molecule has 1 aliphatic heterocycles. The van der Waals surface area contributed by atoms with Crippen molar-refractivity contribution in [2.24, 2.45) is 13.0 Å². The molecule has 19 heavy (non-hydrogen) atoms. The van der Waals surface area contributed by atoms with Crippen molar-refractivity contribution in [1.29, 1.82) is 0 Å². The molecule has 7 heteroatoms. The van der Waals surface area contributed by atoms with E-state index in [-0.39, 0.29) is 23.1 Å². The monoisotopic (exact) mass is 268 g/mol. The van der Waals surface area contributed by atoms with E-state index >= 15 is 0 Å². The Hall–Kier alpha value is -1.63. The molecule has 1 unspecified atom stereocenters. The second-order valence-electron chi connectivity index (χ2n) is 5.03. The van der Waals surface area contributed by atoms with E-state index in [0.29, 0.717) is 24.5 Å². The smallest absolute Gasteiger partial charge is 0.334 e. The maximum atomic E-state index is 11.3. The van der Waals surface area contributed by atoms with Gasteiger partial charge in [-0.1, -0.05) is 13.3 Å². The van der Waals surface area contributed by atoms with Crippen LogP contribution in [0.3, 0.4) is 0 Å². The SMILES string of the molecule is CCCc1nn(C)c(N2CCC(CO)C2)c1[N+](=O)[O-]. The van der Waals surface area contributed by atoms with Crippen molar-refractivity contribution >= 4 is 11.5 Å². The van der Waals surface area contributed by atoms with Crippen LogP contribution in [0.2, 0.25) is 0 Å². The molecule has 1 aromatic rings. The van der Waals surface area contributed by atoms with Crippen molar-refractivity contribution in [3.8, 4) is 0 Å². The number of hydrogen-bond donors (Lipinski definition) is 1. The summed E-state index contributed by atoms with van der Waals surface area (Å²) in [6, 6.07) is 0. The zero-order valence-corrected chi connectivity index (χ0v) is 11.4. The average Bonchev–Trinajstić information content (AvgIpc) is 2.93. The van der Waals surface area contributed by atoms with Gasteiger partial charge in [0.1, 0.15) is 5.69 Å². The lowest BCUT2D eigenvalue weighted by Gasteiger charge is -2.17. The van der Waals surface area contributed by atoms with Gasteiger partial charge in [0.2, 0.25) is 5.82 Å². The predicted octanol–water partition coefficient (Wildman–Crippen LogP) is 1.10. The fraction of sp³-hybridized carbons (Fsp3) is 0.750. The minimum atomic E-state index is -0.334. The van der Waals surface area contributed by atoms with Gasteiger partial charge < -0.3 is 10.0 Å². The first-order valence-electron chi connectivity index (χ1n) is 6.64. The fourth-order valence-electron chi connectivity index (χ4n) is 2.68. The van der Waals surface area contributed by atoms with Crippen LogP contribution in [0.4, 0.5) is 11.5 Å². The molecular formula is C12H20N4O3. The van der Waals surface area contributed by atoms with Crippen LogP contribution >= 0.6 is 0 Å². The number of aryl methyl sites for hydroxylation is 2. The summed E-state index contributed by atoms with van der Waals surface area (Å²) in [6.45, 7) is 3.50. The highest BCUT2D eigenvalue weighted by molar-refractivity contribution is 5.62. The highest BCUT2D eigenvalue weighted by Crippen LogP contribution is 2.35. The summed E-state index contributed by atoms with van der Waals surface area (Å²) >= 11 is 0. The Morgan fingerprint density at radius 2 is 2.32 bits per heavy atom. The van der Waals surface area contributed by atoms with E-state index in [2.05, 4.69) is 5.10 Å². The largest absolute Gasteiger partial charge is 0.396 e. The first kappa shape index (κ1) is 13.8. The van der Waals surface area contributed by atoms with E-state index in [0.717, 1.165) is 19.4 Å². The maximum Gasteiger partial charge on any atom is 0.334 e. The van der Waals surface area contributed by atoms with E-state index in [1.54, 1.807) is 11.7 Å². The minimum absolute atomic E-state index is 0.128. The second kappa shape index (κ2) is 5.56. The summed E-state index contributed by atoms with van der Waals surface area (Å²) in [5.74, 6) is 0.772. The molecule has 0 saturated carbocycles. The van der Waals surface area contributed by atoms with Gasteiger partial charge in [0, 0.05) is 32.7 Å². The van der Waals surface area contributed by atoms with Crippen LogP contribution in [-0.4, -0.2) is 39.5 Å². The normalized spacial score (nSPS) is 19.1. The lowest BCUT2D eigenvalue weighted by atomic mass is 10.1. The molecule has 2 rings (SSSR count). The first-order chi connectivity index (χ1) is 9.08. The zero-order chi connectivity index (χ0) is 14.0. The number of nitro groups is 1. The van der Waals surface area contributed by atoms with Gasteiger partial charge in [-0.3, -0.25) is 10.1 Å². The summed E-state index contributed by atoms with van der Waals surface area (Å²) in [4.78, 5) is 12.9. The molecule has 1 aromatic heterocycles. The molecule has 0 bridgehead atoms. The third-order valence-electron chi connectivity index (χ3n) is 3.58. The highest BCUT2D eigenvalue weighted by Gasteiger charge is 2.33. The van der Waals surface area contributed by atoms with Crippen molar-refractivity contribution in [2.45, 2.75) is 26.2 Å². The third kappa shape index (κ3) is 2.56. The van der Waals surface area contributed by atoms with Gasteiger partial charge in [0.15, 0.2) is 0 Å².